The third kappa shape index (κ3) is 2.75. The normalized spacial score (nSPS) is 21.6. The van der Waals surface area contributed by atoms with E-state index in [1.54, 1.807) is 36.3 Å². The van der Waals surface area contributed by atoms with Gasteiger partial charge in [-0.15, -0.1) is 0 Å². The molecule has 1 saturated heterocycles. The molecule has 5 nitrogen and oxygen atoms in total. The zero-order valence-corrected chi connectivity index (χ0v) is 12.4. The summed E-state index contributed by atoms with van der Waals surface area (Å²) in [6, 6.07) is 6.88. The zero-order chi connectivity index (χ0) is 14.8. The molecule has 0 bridgehead atoms. The number of carbonyl (C=O) groups is 2. The van der Waals surface area contributed by atoms with Gasteiger partial charge < -0.3 is 14.4 Å². The molecule has 6 heteroatoms. The standard InChI is InChI=1S/C14H17NO4S/c1-18-11-5-3-10(4-6-11)12(16)15-8-7-14(20,9-15)13(17)19-2/h3-6,20H,7-9H2,1-2H3. The molecule has 20 heavy (non-hydrogen) atoms. The summed E-state index contributed by atoms with van der Waals surface area (Å²) < 4.78 is 8.88. The molecule has 2 rings (SSSR count). The van der Waals surface area contributed by atoms with Crippen LogP contribution in [-0.2, 0) is 9.53 Å². The second kappa shape index (κ2) is 5.75. The minimum absolute atomic E-state index is 0.118. The van der Waals surface area contributed by atoms with Crippen molar-refractivity contribution in [3.05, 3.63) is 29.8 Å². The van der Waals surface area contributed by atoms with Crippen LogP contribution < -0.4 is 4.74 Å². The van der Waals surface area contributed by atoms with Crippen molar-refractivity contribution in [3.8, 4) is 5.75 Å². The highest BCUT2D eigenvalue weighted by atomic mass is 32.1. The van der Waals surface area contributed by atoms with Crippen molar-refractivity contribution in [3.63, 3.8) is 0 Å². The molecule has 1 fully saturated rings. The first-order chi connectivity index (χ1) is 9.50. The van der Waals surface area contributed by atoms with Crippen molar-refractivity contribution in [2.75, 3.05) is 27.3 Å². The number of likely N-dealkylation sites (tertiary alicyclic amines) is 1. The van der Waals surface area contributed by atoms with E-state index in [1.807, 2.05) is 0 Å². The van der Waals surface area contributed by atoms with E-state index in [4.69, 9.17) is 9.47 Å². The maximum absolute atomic E-state index is 12.3. The van der Waals surface area contributed by atoms with Gasteiger partial charge in [-0.3, -0.25) is 9.59 Å². The van der Waals surface area contributed by atoms with Crippen molar-refractivity contribution in [1.29, 1.82) is 0 Å². The molecular weight excluding hydrogens is 278 g/mol. The number of rotatable bonds is 3. The predicted molar refractivity (Wildman–Crippen MR) is 77.2 cm³/mol. The monoisotopic (exact) mass is 295 g/mol. The number of thiol groups is 1. The van der Waals surface area contributed by atoms with Crippen LogP contribution in [0.15, 0.2) is 24.3 Å². The lowest BCUT2D eigenvalue weighted by atomic mass is 10.1. The van der Waals surface area contributed by atoms with Crippen molar-refractivity contribution in [2.24, 2.45) is 0 Å². The summed E-state index contributed by atoms with van der Waals surface area (Å²) in [5.41, 5.74) is 0.563. The second-order valence-electron chi connectivity index (χ2n) is 4.73. The number of methoxy groups -OCH3 is 2. The van der Waals surface area contributed by atoms with E-state index >= 15 is 0 Å². The van der Waals surface area contributed by atoms with E-state index in [0.717, 1.165) is 0 Å². The summed E-state index contributed by atoms with van der Waals surface area (Å²) in [5, 5.41) is 0. The highest BCUT2D eigenvalue weighted by Gasteiger charge is 2.44. The lowest BCUT2D eigenvalue weighted by Gasteiger charge is -2.21. The number of nitrogens with zero attached hydrogens (tertiary/aromatic N) is 1. The fourth-order valence-corrected chi connectivity index (χ4v) is 2.60. The molecule has 1 aliphatic rings. The number of benzene rings is 1. The average molecular weight is 295 g/mol. The molecule has 0 aromatic heterocycles. The molecule has 1 aromatic rings. The molecular formula is C14H17NO4S. The summed E-state index contributed by atoms with van der Waals surface area (Å²) in [4.78, 5) is 25.6. The van der Waals surface area contributed by atoms with Crippen molar-refractivity contribution >= 4 is 24.5 Å². The summed E-state index contributed by atoms with van der Waals surface area (Å²) in [6.07, 6.45) is 0.491. The van der Waals surface area contributed by atoms with Crippen LogP contribution >= 0.6 is 12.6 Å². The highest BCUT2D eigenvalue weighted by molar-refractivity contribution is 7.82. The molecule has 0 radical (unpaired) electrons. The van der Waals surface area contributed by atoms with E-state index < -0.39 is 10.7 Å². The number of amides is 1. The Morgan fingerprint density at radius 2 is 1.90 bits per heavy atom. The molecule has 0 spiro atoms. The van der Waals surface area contributed by atoms with Gasteiger partial charge in [0.25, 0.3) is 5.91 Å². The summed E-state index contributed by atoms with van der Waals surface area (Å²) in [5.74, 6) is 0.180. The largest absolute Gasteiger partial charge is 0.497 e. The molecule has 1 heterocycles. The number of hydrogen-bond acceptors (Lipinski definition) is 5. The highest BCUT2D eigenvalue weighted by Crippen LogP contribution is 2.30. The van der Waals surface area contributed by atoms with Gasteiger partial charge in [-0.05, 0) is 30.7 Å². The Hall–Kier alpha value is -1.69. The Kier molecular flexibility index (Phi) is 4.23. The smallest absolute Gasteiger partial charge is 0.323 e. The van der Waals surface area contributed by atoms with Crippen molar-refractivity contribution < 1.29 is 19.1 Å². The minimum Gasteiger partial charge on any atom is -0.497 e. The van der Waals surface area contributed by atoms with Gasteiger partial charge in [0.15, 0.2) is 0 Å². The average Bonchev–Trinajstić information content (AvgIpc) is 2.89. The third-order valence-corrected chi connectivity index (χ3v) is 3.98. The van der Waals surface area contributed by atoms with Gasteiger partial charge in [0.05, 0.1) is 14.2 Å². The summed E-state index contributed by atoms with van der Waals surface area (Å²) >= 11 is 4.37. The van der Waals surface area contributed by atoms with E-state index in [1.165, 1.54) is 7.11 Å². The maximum Gasteiger partial charge on any atom is 0.323 e. The molecule has 1 atom stereocenters. The van der Waals surface area contributed by atoms with Crippen molar-refractivity contribution in [1.82, 2.24) is 4.90 Å². The SMILES string of the molecule is COC(=O)C1(S)CCN(C(=O)c2ccc(OC)cc2)C1. The summed E-state index contributed by atoms with van der Waals surface area (Å²) in [6.45, 7) is 0.747. The Morgan fingerprint density at radius 3 is 2.45 bits per heavy atom. The number of carbonyl (C=O) groups excluding carboxylic acids is 2. The Labute approximate surface area is 123 Å². The molecule has 1 unspecified atom stereocenters. The zero-order valence-electron chi connectivity index (χ0n) is 11.5. The van der Waals surface area contributed by atoms with Gasteiger partial charge >= 0.3 is 5.97 Å². The molecule has 0 saturated carbocycles. The van der Waals surface area contributed by atoms with E-state index in [2.05, 4.69) is 12.6 Å². The fraction of sp³-hybridized carbons (Fsp3) is 0.429. The lowest BCUT2D eigenvalue weighted by molar-refractivity contribution is -0.143. The first kappa shape index (κ1) is 14.7. The topological polar surface area (TPSA) is 55.8 Å². The van der Waals surface area contributed by atoms with Crippen LogP contribution in [-0.4, -0.2) is 48.8 Å². The van der Waals surface area contributed by atoms with Crippen LogP contribution in [0.2, 0.25) is 0 Å². The van der Waals surface area contributed by atoms with Crippen LogP contribution in [0.3, 0.4) is 0 Å². The van der Waals surface area contributed by atoms with Crippen molar-refractivity contribution in [2.45, 2.75) is 11.2 Å². The molecule has 1 amide bonds. The van der Waals surface area contributed by atoms with E-state index in [0.29, 0.717) is 24.3 Å². The van der Waals surface area contributed by atoms with Crippen LogP contribution in [0.4, 0.5) is 0 Å². The lowest BCUT2D eigenvalue weighted by Crippen LogP contribution is -2.39. The Balaban J connectivity index is 2.09. The molecule has 108 valence electrons. The Bertz CT molecular complexity index is 516. The fourth-order valence-electron chi connectivity index (χ4n) is 2.24. The third-order valence-electron chi connectivity index (χ3n) is 3.44. The molecule has 1 aliphatic heterocycles. The van der Waals surface area contributed by atoms with Gasteiger partial charge in [0.2, 0.25) is 0 Å². The van der Waals surface area contributed by atoms with Crippen LogP contribution in [0.1, 0.15) is 16.8 Å². The van der Waals surface area contributed by atoms with E-state index in [9.17, 15) is 9.59 Å². The first-order valence-corrected chi connectivity index (χ1v) is 6.69. The van der Waals surface area contributed by atoms with Crippen LogP contribution in [0.5, 0.6) is 5.75 Å². The number of ether oxygens (including phenoxy) is 2. The van der Waals surface area contributed by atoms with Crippen LogP contribution in [0, 0.1) is 0 Å². The van der Waals surface area contributed by atoms with Gasteiger partial charge in [0.1, 0.15) is 10.5 Å². The van der Waals surface area contributed by atoms with Gasteiger partial charge in [-0.1, -0.05) is 0 Å². The molecule has 0 N–H and O–H groups in total. The quantitative estimate of drug-likeness (QED) is 0.676. The Morgan fingerprint density at radius 1 is 1.25 bits per heavy atom. The molecule has 1 aromatic carbocycles. The number of esters is 1. The van der Waals surface area contributed by atoms with E-state index in [-0.39, 0.29) is 12.5 Å². The second-order valence-corrected chi connectivity index (χ2v) is 5.58. The van der Waals surface area contributed by atoms with Gasteiger partial charge in [0, 0.05) is 18.7 Å². The minimum atomic E-state index is -0.906. The first-order valence-electron chi connectivity index (χ1n) is 6.24. The molecule has 0 aliphatic carbocycles. The summed E-state index contributed by atoms with van der Waals surface area (Å²) in [7, 11) is 2.90. The van der Waals surface area contributed by atoms with Gasteiger partial charge in [-0.2, -0.15) is 12.6 Å². The van der Waals surface area contributed by atoms with Gasteiger partial charge in [-0.25, -0.2) is 0 Å². The number of hydrogen-bond donors (Lipinski definition) is 1. The van der Waals surface area contributed by atoms with Crippen LogP contribution in [0.25, 0.3) is 0 Å². The maximum atomic E-state index is 12.3. The predicted octanol–water partition coefficient (Wildman–Crippen LogP) is 1.38.